The molecule has 2 N–H and O–H groups in total. The van der Waals surface area contributed by atoms with Gasteiger partial charge in [0, 0.05) is 13.5 Å². The van der Waals surface area contributed by atoms with E-state index in [4.69, 9.17) is 0 Å². The van der Waals surface area contributed by atoms with Gasteiger partial charge in [0.05, 0.1) is 0 Å². The van der Waals surface area contributed by atoms with Crippen molar-refractivity contribution in [1.29, 1.82) is 0 Å². The lowest BCUT2D eigenvalue weighted by molar-refractivity contribution is -0.128. The van der Waals surface area contributed by atoms with E-state index >= 15 is 0 Å². The van der Waals surface area contributed by atoms with Crippen LogP contribution in [0, 0.1) is 0 Å². The third kappa shape index (κ3) is 4.99. The normalized spacial score (nSPS) is 11.7. The minimum absolute atomic E-state index is 0.129. The van der Waals surface area contributed by atoms with Crippen molar-refractivity contribution in [2.45, 2.75) is 39.3 Å². The molecular formula is C14H20N2O2. The first-order valence-electron chi connectivity index (χ1n) is 6.22. The summed E-state index contributed by atoms with van der Waals surface area (Å²) in [4.78, 5) is 22.9. The summed E-state index contributed by atoms with van der Waals surface area (Å²) in [6.45, 7) is 3.89. The Bertz CT molecular complexity index is 390. The molecule has 0 aromatic heterocycles. The highest BCUT2D eigenvalue weighted by atomic mass is 16.2. The second-order valence-corrected chi connectivity index (χ2v) is 4.25. The van der Waals surface area contributed by atoms with E-state index in [2.05, 4.69) is 10.6 Å². The Morgan fingerprint density at radius 1 is 1.22 bits per heavy atom. The number of hydrogen-bond donors (Lipinski definition) is 2. The summed E-state index contributed by atoms with van der Waals surface area (Å²) in [5, 5.41) is 5.50. The average Bonchev–Trinajstić information content (AvgIpc) is 2.36. The van der Waals surface area contributed by atoms with Crippen molar-refractivity contribution in [2.24, 2.45) is 0 Å². The predicted molar refractivity (Wildman–Crippen MR) is 70.8 cm³/mol. The van der Waals surface area contributed by atoms with Gasteiger partial charge in [0.2, 0.25) is 11.8 Å². The number of carbonyl (C=O) groups excluding carboxylic acids is 2. The molecule has 0 aliphatic carbocycles. The van der Waals surface area contributed by atoms with Gasteiger partial charge in [-0.1, -0.05) is 43.7 Å². The minimum Gasteiger partial charge on any atom is -0.350 e. The fraction of sp³-hybridized carbons (Fsp3) is 0.429. The van der Waals surface area contributed by atoms with Crippen molar-refractivity contribution < 1.29 is 9.59 Å². The smallest absolute Gasteiger partial charge is 0.242 e. The topological polar surface area (TPSA) is 58.2 Å². The van der Waals surface area contributed by atoms with Crippen LogP contribution >= 0.6 is 0 Å². The SMILES string of the molecule is CCC[C@@H](NC(C)=O)C(=O)NCc1ccccc1. The molecule has 1 aromatic rings. The predicted octanol–water partition coefficient (Wildman–Crippen LogP) is 1.61. The Hall–Kier alpha value is -1.84. The van der Waals surface area contributed by atoms with E-state index < -0.39 is 6.04 Å². The van der Waals surface area contributed by atoms with Crippen LogP contribution in [0.15, 0.2) is 30.3 Å². The van der Waals surface area contributed by atoms with Gasteiger partial charge >= 0.3 is 0 Å². The van der Waals surface area contributed by atoms with Gasteiger partial charge in [0.25, 0.3) is 0 Å². The minimum atomic E-state index is -0.434. The number of carbonyl (C=O) groups is 2. The van der Waals surface area contributed by atoms with Crippen LogP contribution in [0.5, 0.6) is 0 Å². The van der Waals surface area contributed by atoms with Crippen LogP contribution in [0.2, 0.25) is 0 Å². The highest BCUT2D eigenvalue weighted by Gasteiger charge is 2.17. The van der Waals surface area contributed by atoms with E-state index in [-0.39, 0.29) is 11.8 Å². The lowest BCUT2D eigenvalue weighted by atomic mass is 10.1. The maximum Gasteiger partial charge on any atom is 0.242 e. The number of benzene rings is 1. The van der Waals surface area contributed by atoms with Gasteiger partial charge in [0.1, 0.15) is 6.04 Å². The molecular weight excluding hydrogens is 228 g/mol. The van der Waals surface area contributed by atoms with E-state index in [9.17, 15) is 9.59 Å². The average molecular weight is 248 g/mol. The van der Waals surface area contributed by atoms with Crippen molar-refractivity contribution in [3.63, 3.8) is 0 Å². The Kier molecular flexibility index (Phi) is 5.91. The molecule has 2 amide bonds. The molecule has 0 aliphatic heterocycles. The van der Waals surface area contributed by atoms with Gasteiger partial charge < -0.3 is 10.6 Å². The zero-order chi connectivity index (χ0) is 13.4. The largest absolute Gasteiger partial charge is 0.350 e. The summed E-state index contributed by atoms with van der Waals surface area (Å²) >= 11 is 0. The first-order chi connectivity index (χ1) is 8.63. The summed E-state index contributed by atoms with van der Waals surface area (Å²) in [7, 11) is 0. The van der Waals surface area contributed by atoms with Gasteiger partial charge in [0.15, 0.2) is 0 Å². The van der Waals surface area contributed by atoms with E-state index in [0.29, 0.717) is 13.0 Å². The second-order valence-electron chi connectivity index (χ2n) is 4.25. The molecule has 0 saturated carbocycles. The molecule has 0 fully saturated rings. The first-order valence-corrected chi connectivity index (χ1v) is 6.22. The molecule has 0 spiro atoms. The second kappa shape index (κ2) is 7.48. The monoisotopic (exact) mass is 248 g/mol. The molecule has 0 unspecified atom stereocenters. The quantitative estimate of drug-likeness (QED) is 0.803. The summed E-state index contributed by atoms with van der Waals surface area (Å²) in [5.41, 5.74) is 1.05. The van der Waals surface area contributed by atoms with Crippen LogP contribution in [-0.4, -0.2) is 17.9 Å². The Morgan fingerprint density at radius 3 is 2.44 bits per heavy atom. The first kappa shape index (κ1) is 14.2. The molecule has 1 rings (SSSR count). The molecule has 1 atom stereocenters. The summed E-state index contributed by atoms with van der Waals surface area (Å²) < 4.78 is 0. The van der Waals surface area contributed by atoms with E-state index in [1.165, 1.54) is 6.92 Å². The molecule has 0 heterocycles. The van der Waals surface area contributed by atoms with Crippen molar-refractivity contribution in [2.75, 3.05) is 0 Å². The number of hydrogen-bond acceptors (Lipinski definition) is 2. The third-order valence-electron chi connectivity index (χ3n) is 2.58. The molecule has 98 valence electrons. The van der Waals surface area contributed by atoms with Gasteiger partial charge in [-0.25, -0.2) is 0 Å². The highest BCUT2D eigenvalue weighted by Crippen LogP contribution is 2.00. The molecule has 0 aliphatic rings. The van der Waals surface area contributed by atoms with Crippen LogP contribution in [0.4, 0.5) is 0 Å². The van der Waals surface area contributed by atoms with Crippen molar-refractivity contribution in [3.05, 3.63) is 35.9 Å². The molecule has 4 nitrogen and oxygen atoms in total. The summed E-state index contributed by atoms with van der Waals surface area (Å²) in [5.74, 6) is -0.306. The van der Waals surface area contributed by atoms with Crippen LogP contribution in [0.3, 0.4) is 0 Å². The summed E-state index contributed by atoms with van der Waals surface area (Å²) in [6.07, 6.45) is 1.50. The van der Waals surface area contributed by atoms with E-state index in [1.54, 1.807) is 0 Å². The maximum absolute atomic E-state index is 11.9. The standard InChI is InChI=1S/C14H20N2O2/c1-3-7-13(16-11(2)17)14(18)15-10-12-8-5-4-6-9-12/h4-6,8-9,13H,3,7,10H2,1-2H3,(H,15,18)(H,16,17)/t13-/m1/s1. The molecule has 1 aromatic carbocycles. The lowest BCUT2D eigenvalue weighted by Crippen LogP contribution is -2.45. The summed E-state index contributed by atoms with van der Waals surface area (Å²) in [6, 6.07) is 9.26. The molecule has 4 heteroatoms. The van der Waals surface area contributed by atoms with Gasteiger partial charge in [-0.15, -0.1) is 0 Å². The third-order valence-corrected chi connectivity index (χ3v) is 2.58. The Balaban J connectivity index is 2.48. The van der Waals surface area contributed by atoms with Crippen LogP contribution in [-0.2, 0) is 16.1 Å². The maximum atomic E-state index is 11.9. The zero-order valence-electron chi connectivity index (χ0n) is 10.9. The fourth-order valence-electron chi connectivity index (χ4n) is 1.71. The van der Waals surface area contributed by atoms with E-state index in [1.807, 2.05) is 37.3 Å². The van der Waals surface area contributed by atoms with E-state index in [0.717, 1.165) is 12.0 Å². The van der Waals surface area contributed by atoms with Gasteiger partial charge in [-0.3, -0.25) is 9.59 Å². The van der Waals surface area contributed by atoms with Crippen LogP contribution < -0.4 is 10.6 Å². The molecule has 18 heavy (non-hydrogen) atoms. The molecule has 0 radical (unpaired) electrons. The molecule has 0 bridgehead atoms. The Morgan fingerprint density at radius 2 is 1.89 bits per heavy atom. The molecule has 0 saturated heterocycles. The van der Waals surface area contributed by atoms with Gasteiger partial charge in [-0.05, 0) is 12.0 Å². The van der Waals surface area contributed by atoms with Crippen LogP contribution in [0.25, 0.3) is 0 Å². The van der Waals surface area contributed by atoms with Crippen LogP contribution in [0.1, 0.15) is 32.3 Å². The lowest BCUT2D eigenvalue weighted by Gasteiger charge is -2.16. The Labute approximate surface area is 108 Å². The number of nitrogens with one attached hydrogen (secondary N) is 2. The van der Waals surface area contributed by atoms with Gasteiger partial charge in [-0.2, -0.15) is 0 Å². The number of amides is 2. The fourth-order valence-corrected chi connectivity index (χ4v) is 1.71. The highest BCUT2D eigenvalue weighted by molar-refractivity contribution is 5.86. The zero-order valence-corrected chi connectivity index (χ0v) is 10.9. The van der Waals surface area contributed by atoms with Crippen molar-refractivity contribution in [3.8, 4) is 0 Å². The van der Waals surface area contributed by atoms with Crippen molar-refractivity contribution in [1.82, 2.24) is 10.6 Å². The number of rotatable bonds is 6. The van der Waals surface area contributed by atoms with Crippen molar-refractivity contribution >= 4 is 11.8 Å².